The van der Waals surface area contributed by atoms with Gasteiger partial charge in [-0.1, -0.05) is 23.5 Å². The first kappa shape index (κ1) is 21.5. The van der Waals surface area contributed by atoms with Gasteiger partial charge < -0.3 is 10.1 Å². The third kappa shape index (κ3) is 5.90. The van der Waals surface area contributed by atoms with E-state index in [1.807, 2.05) is 52.0 Å². The Hall–Kier alpha value is -2.19. The third-order valence-corrected chi connectivity index (χ3v) is 5.86. The molecule has 1 aliphatic heterocycles. The Labute approximate surface area is 176 Å². The van der Waals surface area contributed by atoms with Crippen molar-refractivity contribution in [2.75, 3.05) is 31.1 Å². The first-order valence-electron chi connectivity index (χ1n) is 10.1. The van der Waals surface area contributed by atoms with Gasteiger partial charge in [0.25, 0.3) is 0 Å². The summed E-state index contributed by atoms with van der Waals surface area (Å²) in [6.45, 7) is 10.0. The molecule has 2 heterocycles. The highest BCUT2D eigenvalue weighted by molar-refractivity contribution is 7.22. The van der Waals surface area contributed by atoms with E-state index >= 15 is 0 Å². The number of fused-ring (bicyclic) bond motifs is 1. The van der Waals surface area contributed by atoms with E-state index in [0.29, 0.717) is 13.1 Å². The molecule has 2 aromatic rings. The molecule has 0 radical (unpaired) electrons. The number of nitrogens with zero attached hydrogens (tertiary/aromatic N) is 3. The highest BCUT2D eigenvalue weighted by Crippen LogP contribution is 2.28. The van der Waals surface area contributed by atoms with Crippen LogP contribution in [0, 0.1) is 0 Å². The highest BCUT2D eigenvalue weighted by atomic mass is 32.1. The van der Waals surface area contributed by atoms with Gasteiger partial charge in [-0.25, -0.2) is 9.78 Å². The minimum Gasteiger partial charge on any atom is -0.444 e. The maximum absolute atomic E-state index is 12.9. The van der Waals surface area contributed by atoms with E-state index in [1.54, 1.807) is 16.2 Å². The SMILES string of the molecule is CCN(C(=O)CN1CCC(NC(=O)OC(C)(C)C)CC1)c1nc2ccccc2s1. The lowest BCUT2D eigenvalue weighted by molar-refractivity contribution is -0.120. The monoisotopic (exact) mass is 418 g/mol. The van der Waals surface area contributed by atoms with Crippen LogP contribution in [0.1, 0.15) is 40.5 Å². The first-order valence-corrected chi connectivity index (χ1v) is 10.9. The molecule has 1 fully saturated rings. The Kier molecular flexibility index (Phi) is 6.74. The molecule has 0 aliphatic carbocycles. The molecule has 1 N–H and O–H groups in total. The van der Waals surface area contributed by atoms with Gasteiger partial charge in [0.2, 0.25) is 5.91 Å². The number of carbonyl (C=O) groups excluding carboxylic acids is 2. The number of likely N-dealkylation sites (tertiary alicyclic amines) is 1. The smallest absolute Gasteiger partial charge is 0.407 e. The zero-order valence-corrected chi connectivity index (χ0v) is 18.4. The van der Waals surface area contributed by atoms with Crippen molar-refractivity contribution in [2.24, 2.45) is 0 Å². The van der Waals surface area contributed by atoms with Crippen molar-refractivity contribution < 1.29 is 14.3 Å². The van der Waals surface area contributed by atoms with Gasteiger partial charge >= 0.3 is 6.09 Å². The Bertz CT molecular complexity index is 820. The van der Waals surface area contributed by atoms with Crippen LogP contribution in [0.25, 0.3) is 10.2 Å². The van der Waals surface area contributed by atoms with Gasteiger partial charge in [-0.3, -0.25) is 14.6 Å². The van der Waals surface area contributed by atoms with Crippen molar-refractivity contribution in [2.45, 2.75) is 52.2 Å². The molecule has 0 bridgehead atoms. The maximum atomic E-state index is 12.9. The summed E-state index contributed by atoms with van der Waals surface area (Å²) >= 11 is 1.55. The summed E-state index contributed by atoms with van der Waals surface area (Å²) < 4.78 is 6.41. The van der Waals surface area contributed by atoms with Gasteiger partial charge in [0.05, 0.1) is 16.8 Å². The van der Waals surface area contributed by atoms with E-state index < -0.39 is 5.60 Å². The largest absolute Gasteiger partial charge is 0.444 e. The summed E-state index contributed by atoms with van der Waals surface area (Å²) in [5, 5.41) is 3.68. The Morgan fingerprint density at radius 3 is 2.59 bits per heavy atom. The summed E-state index contributed by atoms with van der Waals surface area (Å²) in [7, 11) is 0. The Morgan fingerprint density at radius 1 is 1.28 bits per heavy atom. The van der Waals surface area contributed by atoms with Crippen molar-refractivity contribution >= 4 is 38.7 Å². The van der Waals surface area contributed by atoms with Crippen molar-refractivity contribution in [3.05, 3.63) is 24.3 Å². The van der Waals surface area contributed by atoms with Crippen molar-refractivity contribution in [1.29, 1.82) is 0 Å². The molecular weight excluding hydrogens is 388 g/mol. The summed E-state index contributed by atoms with van der Waals surface area (Å²) in [5.41, 5.74) is 0.425. The van der Waals surface area contributed by atoms with Gasteiger partial charge in [-0.15, -0.1) is 0 Å². The number of carbonyl (C=O) groups is 2. The molecule has 7 nitrogen and oxygen atoms in total. The fraction of sp³-hybridized carbons (Fsp3) is 0.571. The Balaban J connectivity index is 1.51. The highest BCUT2D eigenvalue weighted by Gasteiger charge is 2.26. The normalized spacial score (nSPS) is 16.0. The number of piperidine rings is 1. The van der Waals surface area contributed by atoms with E-state index in [1.165, 1.54) is 0 Å². The topological polar surface area (TPSA) is 74.8 Å². The van der Waals surface area contributed by atoms with Gasteiger partial charge in [-0.05, 0) is 52.7 Å². The predicted octanol–water partition coefficient (Wildman–Crippen LogP) is 3.64. The second-order valence-electron chi connectivity index (χ2n) is 8.30. The zero-order valence-electron chi connectivity index (χ0n) is 17.6. The van der Waals surface area contributed by atoms with Crippen LogP contribution < -0.4 is 10.2 Å². The van der Waals surface area contributed by atoms with E-state index in [9.17, 15) is 9.59 Å². The second kappa shape index (κ2) is 9.09. The standard InChI is InChI=1S/C21H30N4O3S/c1-5-25(19-23-16-8-6-7-9-17(16)29-19)18(26)14-24-12-10-15(11-13-24)22-20(27)28-21(2,3)4/h6-9,15H,5,10-14H2,1-4H3,(H,22,27). The number of anilines is 1. The van der Waals surface area contributed by atoms with Crippen molar-refractivity contribution in [3.63, 3.8) is 0 Å². The molecule has 0 unspecified atom stereocenters. The summed E-state index contributed by atoms with van der Waals surface area (Å²) in [4.78, 5) is 33.3. The number of thiazole rings is 1. The van der Waals surface area contributed by atoms with Crippen LogP contribution in [0.3, 0.4) is 0 Å². The lowest BCUT2D eigenvalue weighted by Crippen LogP contribution is -2.48. The Morgan fingerprint density at radius 2 is 1.97 bits per heavy atom. The van der Waals surface area contributed by atoms with Crippen molar-refractivity contribution in [3.8, 4) is 0 Å². The number of alkyl carbamates (subject to hydrolysis) is 1. The van der Waals surface area contributed by atoms with E-state index in [0.717, 1.165) is 41.3 Å². The number of likely N-dealkylation sites (N-methyl/N-ethyl adjacent to an activating group) is 1. The fourth-order valence-corrected chi connectivity index (χ4v) is 4.43. The minimum atomic E-state index is -0.499. The summed E-state index contributed by atoms with van der Waals surface area (Å²) in [5.74, 6) is 0.0603. The molecule has 1 aromatic carbocycles. The van der Waals surface area contributed by atoms with Crippen LogP contribution in [0.15, 0.2) is 24.3 Å². The molecule has 29 heavy (non-hydrogen) atoms. The number of benzene rings is 1. The first-order chi connectivity index (χ1) is 13.7. The van der Waals surface area contributed by atoms with Crippen LogP contribution in [-0.2, 0) is 9.53 Å². The summed E-state index contributed by atoms with van der Waals surface area (Å²) in [6.07, 6.45) is 1.24. The maximum Gasteiger partial charge on any atom is 0.407 e. The number of ether oxygens (including phenoxy) is 1. The number of rotatable bonds is 5. The van der Waals surface area contributed by atoms with Crippen LogP contribution >= 0.6 is 11.3 Å². The van der Waals surface area contributed by atoms with Gasteiger partial charge in [0.1, 0.15) is 5.60 Å². The quantitative estimate of drug-likeness (QED) is 0.802. The van der Waals surface area contributed by atoms with Crippen LogP contribution in [0.5, 0.6) is 0 Å². The number of para-hydroxylation sites is 1. The number of nitrogens with one attached hydrogen (secondary N) is 1. The van der Waals surface area contributed by atoms with Gasteiger partial charge in [0, 0.05) is 25.7 Å². The zero-order chi connectivity index (χ0) is 21.0. The molecule has 8 heteroatoms. The predicted molar refractivity (Wildman–Crippen MR) is 116 cm³/mol. The van der Waals surface area contributed by atoms with E-state index in [2.05, 4.69) is 15.2 Å². The van der Waals surface area contributed by atoms with Crippen LogP contribution in [-0.4, -0.2) is 59.7 Å². The molecule has 158 valence electrons. The molecule has 0 saturated carbocycles. The molecular formula is C21H30N4O3S. The molecule has 1 saturated heterocycles. The molecule has 0 spiro atoms. The fourth-order valence-electron chi connectivity index (χ4n) is 3.38. The number of hydrogen-bond donors (Lipinski definition) is 1. The summed E-state index contributed by atoms with van der Waals surface area (Å²) in [6, 6.07) is 8.02. The van der Waals surface area contributed by atoms with Crippen molar-refractivity contribution in [1.82, 2.24) is 15.2 Å². The molecule has 1 aliphatic rings. The number of aromatic nitrogens is 1. The van der Waals surface area contributed by atoms with Gasteiger partial charge in [-0.2, -0.15) is 0 Å². The number of hydrogen-bond acceptors (Lipinski definition) is 6. The number of amides is 2. The average Bonchev–Trinajstić information content (AvgIpc) is 3.06. The van der Waals surface area contributed by atoms with Crippen LogP contribution in [0.2, 0.25) is 0 Å². The van der Waals surface area contributed by atoms with Gasteiger partial charge in [0.15, 0.2) is 5.13 Å². The lowest BCUT2D eigenvalue weighted by Gasteiger charge is -2.33. The lowest BCUT2D eigenvalue weighted by atomic mass is 10.1. The van der Waals surface area contributed by atoms with Crippen LogP contribution in [0.4, 0.5) is 9.93 Å². The third-order valence-electron chi connectivity index (χ3n) is 4.80. The molecule has 2 amide bonds. The molecule has 3 rings (SSSR count). The minimum absolute atomic E-state index is 0.0603. The second-order valence-corrected chi connectivity index (χ2v) is 9.31. The molecule has 0 atom stereocenters. The molecule has 1 aromatic heterocycles. The average molecular weight is 419 g/mol. The van der Waals surface area contributed by atoms with E-state index in [-0.39, 0.29) is 18.0 Å². The van der Waals surface area contributed by atoms with E-state index in [4.69, 9.17) is 4.74 Å².